The molecule has 0 bridgehead atoms. The second-order valence-corrected chi connectivity index (χ2v) is 7.83. The highest BCUT2D eigenvalue weighted by Crippen LogP contribution is 2.30. The van der Waals surface area contributed by atoms with Crippen LogP contribution in [0.2, 0.25) is 5.02 Å². The molecule has 0 heterocycles. The third-order valence-electron chi connectivity index (χ3n) is 4.36. The molecule has 3 heteroatoms. The predicted octanol–water partition coefficient (Wildman–Crippen LogP) is 6.14. The molecule has 23 heavy (non-hydrogen) atoms. The molecule has 1 aliphatic rings. The number of carbonyl (C=O) groups excluding carboxylic acids is 1. The minimum atomic E-state index is 0.0492. The zero-order valence-corrected chi connectivity index (χ0v) is 14.7. The van der Waals surface area contributed by atoms with Crippen molar-refractivity contribution in [1.82, 2.24) is 0 Å². The van der Waals surface area contributed by atoms with Crippen molar-refractivity contribution in [2.45, 2.75) is 43.1 Å². The number of ketones is 1. The van der Waals surface area contributed by atoms with Gasteiger partial charge in [-0.25, -0.2) is 0 Å². The Morgan fingerprint density at radius 1 is 0.913 bits per heavy atom. The third kappa shape index (κ3) is 4.62. The van der Waals surface area contributed by atoms with Crippen LogP contribution in [0.5, 0.6) is 0 Å². The Kier molecular flexibility index (Phi) is 5.80. The van der Waals surface area contributed by atoms with E-state index >= 15 is 0 Å². The fourth-order valence-corrected chi connectivity index (χ4v) is 4.38. The van der Waals surface area contributed by atoms with E-state index in [1.165, 1.54) is 37.7 Å². The molecule has 0 spiro atoms. The van der Waals surface area contributed by atoms with E-state index in [2.05, 4.69) is 23.9 Å². The molecule has 0 unspecified atom stereocenters. The molecule has 1 aliphatic carbocycles. The van der Waals surface area contributed by atoms with Crippen molar-refractivity contribution < 1.29 is 4.79 Å². The van der Waals surface area contributed by atoms with E-state index in [9.17, 15) is 4.79 Å². The van der Waals surface area contributed by atoms with E-state index in [1.807, 2.05) is 12.1 Å². The third-order valence-corrected chi connectivity index (χ3v) is 6.06. The Labute approximate surface area is 147 Å². The summed E-state index contributed by atoms with van der Waals surface area (Å²) in [7, 11) is 0. The minimum Gasteiger partial charge on any atom is -0.289 e. The number of thioether (sulfide) groups is 1. The van der Waals surface area contributed by atoms with Gasteiger partial charge in [0.1, 0.15) is 0 Å². The lowest BCUT2D eigenvalue weighted by Gasteiger charge is -2.20. The molecule has 1 fully saturated rings. The number of hydrogen-bond donors (Lipinski definition) is 0. The quantitative estimate of drug-likeness (QED) is 0.606. The first-order chi connectivity index (χ1) is 11.2. The standard InChI is InChI=1S/C20H21ClOS/c21-18-12-10-17(11-13-18)20(22)16-8-6-15(7-9-16)14-23-19-4-2-1-3-5-19/h6-13,19H,1-5,14H2. The number of carbonyl (C=O) groups is 1. The average molecular weight is 345 g/mol. The van der Waals surface area contributed by atoms with Crippen LogP contribution in [0.1, 0.15) is 53.6 Å². The maximum Gasteiger partial charge on any atom is 0.193 e. The summed E-state index contributed by atoms with van der Waals surface area (Å²) >= 11 is 7.93. The molecule has 0 amide bonds. The Morgan fingerprint density at radius 3 is 2.09 bits per heavy atom. The van der Waals surface area contributed by atoms with Gasteiger partial charge in [-0.05, 0) is 42.7 Å². The van der Waals surface area contributed by atoms with Crippen LogP contribution in [0.4, 0.5) is 0 Å². The van der Waals surface area contributed by atoms with Crippen molar-refractivity contribution in [3.05, 3.63) is 70.2 Å². The highest BCUT2D eigenvalue weighted by molar-refractivity contribution is 7.99. The van der Waals surface area contributed by atoms with Crippen molar-refractivity contribution in [3.8, 4) is 0 Å². The molecule has 3 rings (SSSR count). The van der Waals surface area contributed by atoms with Crippen LogP contribution in [-0.2, 0) is 5.75 Å². The van der Waals surface area contributed by atoms with Crippen LogP contribution in [0.25, 0.3) is 0 Å². The predicted molar refractivity (Wildman–Crippen MR) is 99.5 cm³/mol. The van der Waals surface area contributed by atoms with E-state index in [1.54, 1.807) is 24.3 Å². The molecule has 0 N–H and O–H groups in total. The van der Waals surface area contributed by atoms with Crippen LogP contribution >= 0.6 is 23.4 Å². The highest BCUT2D eigenvalue weighted by atomic mass is 35.5. The molecular formula is C20H21ClOS. The monoisotopic (exact) mass is 344 g/mol. The Hall–Kier alpha value is -1.25. The van der Waals surface area contributed by atoms with E-state index in [-0.39, 0.29) is 5.78 Å². The van der Waals surface area contributed by atoms with E-state index in [4.69, 9.17) is 11.6 Å². The summed E-state index contributed by atoms with van der Waals surface area (Å²) in [6.45, 7) is 0. The molecule has 120 valence electrons. The van der Waals surface area contributed by atoms with Gasteiger partial charge in [0.15, 0.2) is 5.78 Å². The topological polar surface area (TPSA) is 17.1 Å². The van der Waals surface area contributed by atoms with Crippen molar-refractivity contribution in [3.63, 3.8) is 0 Å². The van der Waals surface area contributed by atoms with Gasteiger partial charge in [0.2, 0.25) is 0 Å². The zero-order chi connectivity index (χ0) is 16.1. The van der Waals surface area contributed by atoms with Gasteiger partial charge < -0.3 is 0 Å². The molecule has 2 aromatic rings. The van der Waals surface area contributed by atoms with E-state index < -0.39 is 0 Å². The first-order valence-corrected chi connectivity index (χ1v) is 9.66. The normalized spacial score (nSPS) is 15.5. The minimum absolute atomic E-state index is 0.0492. The fraction of sp³-hybridized carbons (Fsp3) is 0.350. The maximum absolute atomic E-state index is 12.4. The first kappa shape index (κ1) is 16.6. The molecule has 2 aromatic carbocycles. The summed E-state index contributed by atoms with van der Waals surface area (Å²) in [6, 6.07) is 15.1. The Balaban J connectivity index is 1.60. The largest absolute Gasteiger partial charge is 0.289 e. The summed E-state index contributed by atoms with van der Waals surface area (Å²) in [5, 5.41) is 1.47. The van der Waals surface area contributed by atoms with Gasteiger partial charge in [-0.3, -0.25) is 4.79 Å². The number of halogens is 1. The molecule has 0 saturated heterocycles. The Bertz CT molecular complexity index is 642. The summed E-state index contributed by atoms with van der Waals surface area (Å²) in [5.74, 6) is 1.09. The second kappa shape index (κ2) is 8.03. The number of benzene rings is 2. The van der Waals surface area contributed by atoms with Crippen molar-refractivity contribution >= 4 is 29.1 Å². The summed E-state index contributed by atoms with van der Waals surface area (Å²) < 4.78 is 0. The van der Waals surface area contributed by atoms with Crippen LogP contribution in [0.15, 0.2) is 48.5 Å². The van der Waals surface area contributed by atoms with E-state index in [0.717, 1.165) is 16.6 Å². The van der Waals surface area contributed by atoms with Gasteiger partial charge in [-0.15, -0.1) is 0 Å². The molecule has 1 nitrogen and oxygen atoms in total. The summed E-state index contributed by atoms with van der Waals surface area (Å²) in [4.78, 5) is 12.4. The van der Waals surface area contributed by atoms with Crippen molar-refractivity contribution in [1.29, 1.82) is 0 Å². The molecule has 0 aliphatic heterocycles. The lowest BCUT2D eigenvalue weighted by molar-refractivity contribution is 0.103. The van der Waals surface area contributed by atoms with Gasteiger partial charge in [0.05, 0.1) is 0 Å². The SMILES string of the molecule is O=C(c1ccc(Cl)cc1)c1ccc(CSC2CCCCC2)cc1. The second-order valence-electron chi connectivity index (χ2n) is 6.10. The fourth-order valence-electron chi connectivity index (χ4n) is 2.97. The van der Waals surface area contributed by atoms with Crippen LogP contribution < -0.4 is 0 Å². The highest BCUT2D eigenvalue weighted by Gasteiger charge is 2.14. The molecule has 1 saturated carbocycles. The van der Waals surface area contributed by atoms with Gasteiger partial charge in [-0.2, -0.15) is 11.8 Å². The Morgan fingerprint density at radius 2 is 1.48 bits per heavy atom. The first-order valence-electron chi connectivity index (χ1n) is 8.23. The van der Waals surface area contributed by atoms with Gasteiger partial charge in [-0.1, -0.05) is 55.1 Å². The lowest BCUT2D eigenvalue weighted by atomic mass is 10.0. The van der Waals surface area contributed by atoms with Crippen molar-refractivity contribution in [2.24, 2.45) is 0 Å². The molecule has 0 atom stereocenters. The van der Waals surface area contributed by atoms with Crippen molar-refractivity contribution in [2.75, 3.05) is 0 Å². The average Bonchev–Trinajstić information content (AvgIpc) is 2.61. The molecular weight excluding hydrogens is 324 g/mol. The van der Waals surface area contributed by atoms with E-state index in [0.29, 0.717) is 10.6 Å². The summed E-state index contributed by atoms with van der Waals surface area (Å²) in [6.07, 6.45) is 6.88. The molecule has 0 radical (unpaired) electrons. The van der Waals surface area contributed by atoms with Crippen LogP contribution in [0, 0.1) is 0 Å². The van der Waals surface area contributed by atoms with Crippen LogP contribution in [-0.4, -0.2) is 11.0 Å². The zero-order valence-electron chi connectivity index (χ0n) is 13.1. The van der Waals surface area contributed by atoms with Crippen LogP contribution in [0.3, 0.4) is 0 Å². The van der Waals surface area contributed by atoms with Gasteiger partial charge in [0, 0.05) is 27.2 Å². The number of rotatable bonds is 5. The maximum atomic E-state index is 12.4. The van der Waals surface area contributed by atoms with Gasteiger partial charge >= 0.3 is 0 Å². The van der Waals surface area contributed by atoms with Gasteiger partial charge in [0.25, 0.3) is 0 Å². The summed E-state index contributed by atoms with van der Waals surface area (Å²) in [5.41, 5.74) is 2.71. The lowest BCUT2D eigenvalue weighted by Crippen LogP contribution is -2.08. The molecule has 0 aromatic heterocycles. The number of hydrogen-bond acceptors (Lipinski definition) is 2. The smallest absolute Gasteiger partial charge is 0.193 e.